The zero-order chi connectivity index (χ0) is 10.6. The molecule has 1 rings (SSSR count). The molecule has 0 aliphatic rings. The second-order valence-corrected chi connectivity index (χ2v) is 4.07. The second-order valence-electron chi connectivity index (χ2n) is 3.80. The summed E-state index contributed by atoms with van der Waals surface area (Å²) in [5, 5.41) is 12.2. The van der Waals surface area contributed by atoms with Crippen molar-refractivity contribution in [3.63, 3.8) is 0 Å². The Hall–Kier alpha value is -1.03. The predicted molar refractivity (Wildman–Crippen MR) is 55.9 cm³/mol. The van der Waals surface area contributed by atoms with Crippen LogP contribution in [-0.2, 0) is 6.54 Å². The molecule has 1 aromatic heterocycles. The van der Waals surface area contributed by atoms with E-state index in [1.165, 1.54) is 0 Å². The highest BCUT2D eigenvalue weighted by molar-refractivity contribution is 6.20. The molecule has 0 radical (unpaired) electrons. The van der Waals surface area contributed by atoms with Gasteiger partial charge >= 0.3 is 0 Å². The molecule has 0 aliphatic carbocycles. The lowest BCUT2D eigenvalue weighted by Gasteiger charge is -2.22. The fourth-order valence-corrected chi connectivity index (χ4v) is 1.17. The van der Waals surface area contributed by atoms with Crippen molar-refractivity contribution in [2.45, 2.75) is 20.4 Å². The fourth-order valence-electron chi connectivity index (χ4n) is 1.01. The Labute approximate surface area is 88.2 Å². The summed E-state index contributed by atoms with van der Waals surface area (Å²) in [6, 6.07) is 0. The third kappa shape index (κ3) is 2.48. The van der Waals surface area contributed by atoms with Gasteiger partial charge in [-0.1, -0.05) is 19.0 Å². The number of imidazole rings is 1. The predicted octanol–water partition coefficient (Wildman–Crippen LogP) is 1.98. The SMILES string of the molecule is CC(C)(CCl)/C(Cn1ccnc1)=N/O. The summed E-state index contributed by atoms with van der Waals surface area (Å²) in [6.07, 6.45) is 5.17. The van der Waals surface area contributed by atoms with E-state index in [1.54, 1.807) is 12.5 Å². The van der Waals surface area contributed by atoms with Gasteiger partial charge in [0.15, 0.2) is 0 Å². The average molecular weight is 216 g/mol. The maximum atomic E-state index is 8.89. The third-order valence-corrected chi connectivity index (χ3v) is 2.80. The molecule has 1 heterocycles. The highest BCUT2D eigenvalue weighted by atomic mass is 35.5. The van der Waals surface area contributed by atoms with Crippen LogP contribution in [0.2, 0.25) is 0 Å². The van der Waals surface area contributed by atoms with Gasteiger partial charge in [0, 0.05) is 23.7 Å². The van der Waals surface area contributed by atoms with Gasteiger partial charge < -0.3 is 9.77 Å². The number of rotatable bonds is 4. The van der Waals surface area contributed by atoms with E-state index in [0.29, 0.717) is 18.1 Å². The number of hydrogen-bond donors (Lipinski definition) is 1. The van der Waals surface area contributed by atoms with Gasteiger partial charge in [-0.25, -0.2) is 4.98 Å². The molecule has 0 aliphatic heterocycles. The summed E-state index contributed by atoms with van der Waals surface area (Å²) < 4.78 is 1.84. The molecule has 78 valence electrons. The van der Waals surface area contributed by atoms with Crippen LogP contribution in [0.25, 0.3) is 0 Å². The normalized spacial score (nSPS) is 13.2. The largest absolute Gasteiger partial charge is 0.411 e. The van der Waals surface area contributed by atoms with E-state index in [-0.39, 0.29) is 5.41 Å². The molecule has 0 saturated carbocycles. The summed E-state index contributed by atoms with van der Waals surface area (Å²) >= 11 is 5.79. The molecule has 0 spiro atoms. The summed E-state index contributed by atoms with van der Waals surface area (Å²) in [5.41, 5.74) is 0.339. The summed E-state index contributed by atoms with van der Waals surface area (Å²) in [7, 11) is 0. The molecular weight excluding hydrogens is 202 g/mol. The number of aromatic nitrogens is 2. The van der Waals surface area contributed by atoms with E-state index in [4.69, 9.17) is 16.8 Å². The monoisotopic (exact) mass is 215 g/mol. The molecule has 0 bridgehead atoms. The van der Waals surface area contributed by atoms with Crippen LogP contribution in [0.4, 0.5) is 0 Å². The molecule has 0 fully saturated rings. The van der Waals surface area contributed by atoms with Crippen LogP contribution < -0.4 is 0 Å². The van der Waals surface area contributed by atoms with E-state index in [2.05, 4.69) is 10.1 Å². The van der Waals surface area contributed by atoms with Crippen LogP contribution in [-0.4, -0.2) is 26.4 Å². The molecule has 0 aromatic carbocycles. The highest BCUT2D eigenvalue weighted by Gasteiger charge is 2.24. The van der Waals surface area contributed by atoms with E-state index in [1.807, 2.05) is 24.6 Å². The minimum absolute atomic E-state index is 0.305. The Morgan fingerprint density at radius 3 is 2.79 bits per heavy atom. The summed E-state index contributed by atoms with van der Waals surface area (Å²) in [4.78, 5) is 3.91. The maximum Gasteiger partial charge on any atom is 0.0949 e. The first-order valence-corrected chi connectivity index (χ1v) is 4.86. The first-order valence-electron chi connectivity index (χ1n) is 4.33. The molecule has 1 aromatic rings. The molecule has 0 saturated heterocycles. The minimum atomic E-state index is -0.305. The fraction of sp³-hybridized carbons (Fsp3) is 0.556. The van der Waals surface area contributed by atoms with Crippen molar-refractivity contribution in [3.05, 3.63) is 18.7 Å². The van der Waals surface area contributed by atoms with Crippen molar-refractivity contribution in [3.8, 4) is 0 Å². The molecule has 14 heavy (non-hydrogen) atoms. The number of hydrogen-bond acceptors (Lipinski definition) is 3. The van der Waals surface area contributed by atoms with Crippen LogP contribution in [0, 0.1) is 5.41 Å². The van der Waals surface area contributed by atoms with Gasteiger partial charge in [-0.2, -0.15) is 0 Å². The average Bonchev–Trinajstić information content (AvgIpc) is 2.66. The van der Waals surface area contributed by atoms with Crippen LogP contribution in [0.15, 0.2) is 23.9 Å². The standard InChI is InChI=1S/C9H14ClN3O/c1-9(2,6-10)8(12-14)5-13-4-3-11-7-13/h3-4,7,14H,5-6H2,1-2H3/b12-8+. The lowest BCUT2D eigenvalue weighted by atomic mass is 9.89. The molecule has 0 amide bonds. The van der Waals surface area contributed by atoms with Crippen molar-refractivity contribution >= 4 is 17.3 Å². The minimum Gasteiger partial charge on any atom is -0.411 e. The Morgan fingerprint density at radius 1 is 1.64 bits per heavy atom. The van der Waals surface area contributed by atoms with Crippen LogP contribution in [0.5, 0.6) is 0 Å². The summed E-state index contributed by atoms with van der Waals surface area (Å²) in [6.45, 7) is 4.38. The summed E-state index contributed by atoms with van der Waals surface area (Å²) in [5.74, 6) is 0.418. The van der Waals surface area contributed by atoms with Gasteiger partial charge in [0.1, 0.15) is 0 Å². The Bertz CT molecular complexity index is 306. The van der Waals surface area contributed by atoms with Crippen LogP contribution in [0.3, 0.4) is 0 Å². The first kappa shape index (κ1) is 11.0. The Balaban J connectivity index is 2.75. The van der Waals surface area contributed by atoms with Gasteiger partial charge in [-0.05, 0) is 0 Å². The smallest absolute Gasteiger partial charge is 0.0949 e. The van der Waals surface area contributed by atoms with Crippen LogP contribution >= 0.6 is 11.6 Å². The molecule has 5 heteroatoms. The number of nitrogens with zero attached hydrogens (tertiary/aromatic N) is 3. The van der Waals surface area contributed by atoms with Gasteiger partial charge in [0.25, 0.3) is 0 Å². The zero-order valence-electron chi connectivity index (χ0n) is 8.31. The number of halogens is 1. The number of alkyl halides is 1. The molecule has 1 N–H and O–H groups in total. The van der Waals surface area contributed by atoms with Gasteiger partial charge in [-0.3, -0.25) is 0 Å². The Kier molecular flexibility index (Phi) is 3.52. The van der Waals surface area contributed by atoms with Crippen molar-refractivity contribution < 1.29 is 5.21 Å². The third-order valence-electron chi connectivity index (χ3n) is 2.13. The van der Waals surface area contributed by atoms with Gasteiger partial charge in [-0.15, -0.1) is 11.6 Å². The topological polar surface area (TPSA) is 50.4 Å². The lowest BCUT2D eigenvalue weighted by Crippen LogP contribution is -2.29. The Morgan fingerprint density at radius 2 is 2.36 bits per heavy atom. The number of oxime groups is 1. The zero-order valence-corrected chi connectivity index (χ0v) is 9.07. The maximum absolute atomic E-state index is 8.89. The highest BCUT2D eigenvalue weighted by Crippen LogP contribution is 2.20. The van der Waals surface area contributed by atoms with E-state index < -0.39 is 0 Å². The first-order chi connectivity index (χ1) is 6.60. The van der Waals surface area contributed by atoms with Gasteiger partial charge in [0.2, 0.25) is 0 Å². The van der Waals surface area contributed by atoms with Crippen molar-refractivity contribution in [2.24, 2.45) is 10.6 Å². The van der Waals surface area contributed by atoms with Crippen LogP contribution in [0.1, 0.15) is 13.8 Å². The van der Waals surface area contributed by atoms with Crippen molar-refractivity contribution in [2.75, 3.05) is 5.88 Å². The molecule has 0 atom stereocenters. The van der Waals surface area contributed by atoms with Gasteiger partial charge in [0.05, 0.1) is 18.6 Å². The van der Waals surface area contributed by atoms with E-state index in [9.17, 15) is 0 Å². The van der Waals surface area contributed by atoms with Crippen molar-refractivity contribution in [1.82, 2.24) is 9.55 Å². The quantitative estimate of drug-likeness (QED) is 0.361. The molecular formula is C9H14ClN3O. The molecule has 0 unspecified atom stereocenters. The van der Waals surface area contributed by atoms with E-state index in [0.717, 1.165) is 0 Å². The van der Waals surface area contributed by atoms with Crippen molar-refractivity contribution in [1.29, 1.82) is 0 Å². The second kappa shape index (κ2) is 4.46. The van der Waals surface area contributed by atoms with E-state index >= 15 is 0 Å². The lowest BCUT2D eigenvalue weighted by molar-refractivity contribution is 0.308. The molecule has 4 nitrogen and oxygen atoms in total.